The zero-order chi connectivity index (χ0) is 22.0. The summed E-state index contributed by atoms with van der Waals surface area (Å²) >= 11 is 0. The number of hydrogen-bond acceptors (Lipinski definition) is 2. The van der Waals surface area contributed by atoms with Crippen LogP contribution in [0.15, 0.2) is 22.8 Å². The quantitative estimate of drug-likeness (QED) is 0.486. The van der Waals surface area contributed by atoms with Gasteiger partial charge in [0.05, 0.1) is 12.2 Å². The van der Waals surface area contributed by atoms with E-state index in [1.807, 2.05) is 0 Å². The second-order valence-electron chi connectivity index (χ2n) is 12.4. The van der Waals surface area contributed by atoms with Crippen molar-refractivity contribution in [2.45, 2.75) is 117 Å². The van der Waals surface area contributed by atoms with Gasteiger partial charge in [0.2, 0.25) is 0 Å². The SMILES string of the molecule is CCC1=C(C2CCCCC2O)[C@@]2(C)CC[C@H]3[C@@H]([C@@H](CC)C=C4C[C@@H](O)CC[C@@]43C)[C@@H]2C1. The minimum absolute atomic E-state index is 0.115. The molecule has 2 nitrogen and oxygen atoms in total. The first-order valence-electron chi connectivity index (χ1n) is 13.6. The molecule has 174 valence electrons. The van der Waals surface area contributed by atoms with E-state index in [2.05, 4.69) is 33.8 Å². The fourth-order valence-electron chi connectivity index (χ4n) is 9.48. The van der Waals surface area contributed by atoms with E-state index >= 15 is 0 Å². The van der Waals surface area contributed by atoms with E-state index < -0.39 is 0 Å². The summed E-state index contributed by atoms with van der Waals surface area (Å²) in [6.07, 6.45) is 16.5. The lowest BCUT2D eigenvalue weighted by Gasteiger charge is -2.60. The van der Waals surface area contributed by atoms with Crippen molar-refractivity contribution >= 4 is 0 Å². The molecule has 0 amide bonds. The lowest BCUT2D eigenvalue weighted by atomic mass is 9.44. The van der Waals surface area contributed by atoms with Gasteiger partial charge in [-0.1, -0.05) is 63.3 Å². The topological polar surface area (TPSA) is 40.5 Å². The van der Waals surface area contributed by atoms with Gasteiger partial charge in [-0.05, 0) is 98.7 Å². The van der Waals surface area contributed by atoms with Crippen LogP contribution in [0.1, 0.15) is 105 Å². The first-order chi connectivity index (χ1) is 14.8. The van der Waals surface area contributed by atoms with E-state index in [4.69, 9.17) is 0 Å². The second-order valence-corrected chi connectivity index (χ2v) is 12.4. The minimum atomic E-state index is -0.124. The van der Waals surface area contributed by atoms with Crippen LogP contribution in [0, 0.1) is 40.4 Å². The first-order valence-corrected chi connectivity index (χ1v) is 13.6. The van der Waals surface area contributed by atoms with Crippen molar-refractivity contribution in [3.63, 3.8) is 0 Å². The zero-order valence-electron chi connectivity index (χ0n) is 20.5. The Hall–Kier alpha value is -0.600. The third kappa shape index (κ3) is 3.25. The fraction of sp³-hybridized carbons (Fsp3) is 0.862. The van der Waals surface area contributed by atoms with Crippen LogP contribution in [-0.4, -0.2) is 22.4 Å². The largest absolute Gasteiger partial charge is 0.393 e. The van der Waals surface area contributed by atoms with E-state index in [0.717, 1.165) is 37.0 Å². The smallest absolute Gasteiger partial charge is 0.0605 e. The highest BCUT2D eigenvalue weighted by Crippen LogP contribution is 2.69. The Labute approximate surface area is 190 Å². The fourth-order valence-corrected chi connectivity index (χ4v) is 9.48. The zero-order valence-corrected chi connectivity index (χ0v) is 20.5. The molecule has 9 atom stereocenters. The minimum Gasteiger partial charge on any atom is -0.393 e. The van der Waals surface area contributed by atoms with Gasteiger partial charge >= 0.3 is 0 Å². The van der Waals surface area contributed by atoms with Gasteiger partial charge in [0, 0.05) is 5.92 Å². The Morgan fingerprint density at radius 2 is 1.65 bits per heavy atom. The lowest BCUT2D eigenvalue weighted by Crippen LogP contribution is -2.53. The molecule has 5 rings (SSSR count). The molecule has 0 aliphatic heterocycles. The average Bonchev–Trinajstić information content (AvgIpc) is 3.06. The normalized spacial score (nSPS) is 49.9. The van der Waals surface area contributed by atoms with Crippen LogP contribution in [0.5, 0.6) is 0 Å². The molecule has 3 fully saturated rings. The Bertz CT molecular complexity index is 765. The number of fused-ring (bicyclic) bond motifs is 5. The summed E-state index contributed by atoms with van der Waals surface area (Å²) in [5.74, 6) is 3.38. The van der Waals surface area contributed by atoms with Crippen LogP contribution in [0.4, 0.5) is 0 Å². The summed E-state index contributed by atoms with van der Waals surface area (Å²) in [6.45, 7) is 9.91. The van der Waals surface area contributed by atoms with Crippen molar-refractivity contribution in [2.75, 3.05) is 0 Å². The molecule has 5 aliphatic rings. The summed E-state index contributed by atoms with van der Waals surface area (Å²) in [4.78, 5) is 0. The highest BCUT2D eigenvalue weighted by molar-refractivity contribution is 5.37. The summed E-state index contributed by atoms with van der Waals surface area (Å²) < 4.78 is 0. The number of rotatable bonds is 3. The molecular weight excluding hydrogens is 380 g/mol. The molecule has 31 heavy (non-hydrogen) atoms. The molecule has 0 spiro atoms. The number of aliphatic hydroxyl groups excluding tert-OH is 2. The monoisotopic (exact) mass is 426 g/mol. The van der Waals surface area contributed by atoms with Crippen molar-refractivity contribution < 1.29 is 10.2 Å². The van der Waals surface area contributed by atoms with E-state index in [-0.39, 0.29) is 12.2 Å². The molecule has 3 saturated carbocycles. The molecule has 0 aromatic rings. The van der Waals surface area contributed by atoms with Gasteiger partial charge in [0.1, 0.15) is 0 Å². The summed E-state index contributed by atoms with van der Waals surface area (Å²) in [6, 6.07) is 0. The molecule has 2 heteroatoms. The van der Waals surface area contributed by atoms with E-state index in [1.165, 1.54) is 57.8 Å². The van der Waals surface area contributed by atoms with Crippen LogP contribution >= 0.6 is 0 Å². The number of hydrogen-bond donors (Lipinski definition) is 2. The third-order valence-corrected chi connectivity index (χ3v) is 11.1. The van der Waals surface area contributed by atoms with Crippen molar-refractivity contribution in [1.29, 1.82) is 0 Å². The predicted octanol–water partition coefficient (Wildman–Crippen LogP) is 6.81. The molecule has 0 bridgehead atoms. The van der Waals surface area contributed by atoms with Crippen molar-refractivity contribution in [3.05, 3.63) is 22.8 Å². The Morgan fingerprint density at radius 1 is 0.903 bits per heavy atom. The van der Waals surface area contributed by atoms with Crippen LogP contribution in [0.25, 0.3) is 0 Å². The van der Waals surface area contributed by atoms with Gasteiger partial charge in [0.15, 0.2) is 0 Å². The van der Waals surface area contributed by atoms with Crippen molar-refractivity contribution in [1.82, 2.24) is 0 Å². The number of aliphatic hydroxyl groups is 2. The summed E-state index contributed by atoms with van der Waals surface area (Å²) in [7, 11) is 0. The third-order valence-electron chi connectivity index (χ3n) is 11.1. The molecule has 0 aromatic carbocycles. The van der Waals surface area contributed by atoms with Crippen LogP contribution in [0.3, 0.4) is 0 Å². The lowest BCUT2D eigenvalue weighted by molar-refractivity contribution is -0.0572. The van der Waals surface area contributed by atoms with Crippen molar-refractivity contribution in [2.24, 2.45) is 40.4 Å². The van der Waals surface area contributed by atoms with E-state index in [0.29, 0.717) is 22.7 Å². The van der Waals surface area contributed by atoms with E-state index in [1.54, 1.807) is 16.7 Å². The Balaban J connectivity index is 1.54. The molecule has 0 radical (unpaired) electrons. The van der Waals surface area contributed by atoms with Gasteiger partial charge in [0.25, 0.3) is 0 Å². The highest BCUT2D eigenvalue weighted by atomic mass is 16.3. The number of allylic oxidation sites excluding steroid dienone is 2. The van der Waals surface area contributed by atoms with Gasteiger partial charge < -0.3 is 10.2 Å². The van der Waals surface area contributed by atoms with Gasteiger partial charge in [-0.15, -0.1) is 0 Å². The average molecular weight is 427 g/mol. The maximum absolute atomic E-state index is 11.0. The van der Waals surface area contributed by atoms with Crippen molar-refractivity contribution in [3.8, 4) is 0 Å². The molecule has 2 unspecified atom stereocenters. The maximum atomic E-state index is 11.0. The maximum Gasteiger partial charge on any atom is 0.0605 e. The molecule has 0 saturated heterocycles. The van der Waals surface area contributed by atoms with Crippen LogP contribution in [0.2, 0.25) is 0 Å². The standard InChI is InChI=1S/C29H46O2/c1-5-18-15-20-17-21(30)11-13-28(20,3)23-12-14-29(4)24(26(18)23)16-19(6-2)27(29)22-9-7-8-10-25(22)31/h15,18,21-26,30-31H,5-14,16-17H2,1-4H3/t18-,21-,22?,23-,24-,25?,26+,28-,29-/m0/s1. The summed E-state index contributed by atoms with van der Waals surface area (Å²) in [5.41, 5.74) is 5.62. The second kappa shape index (κ2) is 8.01. The molecule has 0 aromatic heterocycles. The summed E-state index contributed by atoms with van der Waals surface area (Å²) in [5, 5.41) is 21.4. The van der Waals surface area contributed by atoms with E-state index in [9.17, 15) is 10.2 Å². The van der Waals surface area contributed by atoms with Crippen LogP contribution in [-0.2, 0) is 0 Å². The molecule has 2 N–H and O–H groups in total. The van der Waals surface area contributed by atoms with Gasteiger partial charge in [-0.2, -0.15) is 0 Å². The molecule has 5 aliphatic carbocycles. The first kappa shape index (κ1) is 22.2. The highest BCUT2D eigenvalue weighted by Gasteiger charge is 2.60. The Kier molecular flexibility index (Phi) is 5.74. The Morgan fingerprint density at radius 3 is 2.35 bits per heavy atom. The predicted molar refractivity (Wildman–Crippen MR) is 128 cm³/mol. The van der Waals surface area contributed by atoms with Crippen LogP contribution < -0.4 is 0 Å². The molecule has 0 heterocycles. The molecular formula is C29H46O2. The van der Waals surface area contributed by atoms with Gasteiger partial charge in [-0.25, -0.2) is 0 Å². The van der Waals surface area contributed by atoms with Gasteiger partial charge in [-0.3, -0.25) is 0 Å².